The monoisotopic (exact) mass is 720 g/mol. The number of benzene rings is 4. The van der Waals surface area contributed by atoms with Crippen molar-refractivity contribution < 1.29 is 46.3 Å². The van der Waals surface area contributed by atoms with Crippen molar-refractivity contribution in [1.29, 1.82) is 0 Å². The van der Waals surface area contributed by atoms with Crippen molar-refractivity contribution in [3.8, 4) is 34.5 Å². The Hall–Kier alpha value is -5.37. The Morgan fingerprint density at radius 2 is 0.843 bits per heavy atom. The van der Waals surface area contributed by atoms with Crippen molar-refractivity contribution >= 4 is 33.4 Å². The van der Waals surface area contributed by atoms with Gasteiger partial charge >= 0.3 is 0 Å². The van der Waals surface area contributed by atoms with Crippen molar-refractivity contribution in [3.63, 3.8) is 0 Å². The normalized spacial score (nSPS) is 14.1. The highest BCUT2D eigenvalue weighted by Crippen LogP contribution is 2.49. The number of nitrogens with two attached hydrogens (primary N) is 2. The summed E-state index contributed by atoms with van der Waals surface area (Å²) in [5.41, 5.74) is 14.3. The summed E-state index contributed by atoms with van der Waals surface area (Å²) in [7, 11) is 6.69. The van der Waals surface area contributed by atoms with Crippen molar-refractivity contribution in [2.75, 3.05) is 68.3 Å². The number of hydrogen-bond acceptors (Lipinski definition) is 12. The smallest absolute Gasteiger partial charge is 0.226 e. The summed E-state index contributed by atoms with van der Waals surface area (Å²) in [5.74, 6) is 2.35. The number of sulfone groups is 1. The van der Waals surface area contributed by atoms with Gasteiger partial charge in [-0.3, -0.25) is 0 Å². The Kier molecular flexibility index (Phi) is 12.1. The molecule has 0 bridgehead atoms. The molecule has 0 saturated carbocycles. The summed E-state index contributed by atoms with van der Waals surface area (Å²) in [6.45, 7) is 0. The second-order valence-electron chi connectivity index (χ2n) is 11.1. The van der Waals surface area contributed by atoms with E-state index in [1.807, 2.05) is 0 Å². The lowest BCUT2D eigenvalue weighted by atomic mass is 10.0. The fourth-order valence-corrected chi connectivity index (χ4v) is 8.05. The third-order valence-corrected chi connectivity index (χ3v) is 11.1. The molecule has 0 heterocycles. The third-order valence-electron chi connectivity index (χ3n) is 8.43. The highest BCUT2D eigenvalue weighted by molar-refractivity contribution is 7.93. The maximum atomic E-state index is 15.8. The summed E-state index contributed by atoms with van der Waals surface area (Å²) in [4.78, 5) is -4.53. The predicted molar refractivity (Wildman–Crippen MR) is 198 cm³/mol. The molecule has 2 atom stereocenters. The molecule has 0 amide bonds. The van der Waals surface area contributed by atoms with Crippen molar-refractivity contribution in [1.82, 2.24) is 0 Å². The van der Waals surface area contributed by atoms with Gasteiger partial charge in [-0.05, 0) is 48.6 Å². The lowest BCUT2D eigenvalue weighted by molar-refractivity contribution is 0.0646. The highest BCUT2D eigenvalue weighted by atomic mass is 32.2. The molecular weight excluding hydrogens is 676 g/mol. The Labute approximate surface area is 299 Å². The Morgan fingerprint density at radius 3 is 1.10 bits per heavy atom. The average molecular weight is 721 g/mol. The average Bonchev–Trinajstić information content (AvgIpc) is 3.14. The first-order chi connectivity index (χ1) is 24.4. The van der Waals surface area contributed by atoms with Gasteiger partial charge < -0.3 is 49.4 Å². The molecule has 0 spiro atoms. The van der Waals surface area contributed by atoms with Crippen molar-refractivity contribution in [2.45, 2.75) is 9.87 Å². The van der Waals surface area contributed by atoms with Gasteiger partial charge in [-0.15, -0.1) is 0 Å². The molecule has 0 radical (unpaired) electrons. The first kappa shape index (κ1) is 38.4. The zero-order valence-corrected chi connectivity index (χ0v) is 30.7. The molecule has 0 aliphatic carbocycles. The van der Waals surface area contributed by atoms with E-state index in [1.165, 1.54) is 81.2 Å². The molecule has 4 aromatic carbocycles. The first-order valence-electron chi connectivity index (χ1n) is 15.5. The summed E-state index contributed by atoms with van der Waals surface area (Å²) in [5, 5.41) is 0. The molecule has 4 aromatic rings. The molecule has 13 heteroatoms. The van der Waals surface area contributed by atoms with Crippen LogP contribution < -0.4 is 39.9 Å². The van der Waals surface area contributed by atoms with Crippen LogP contribution in [0.4, 0.5) is 11.4 Å². The lowest BCUT2D eigenvalue weighted by Crippen LogP contribution is -2.49. The Balaban J connectivity index is 2.14. The van der Waals surface area contributed by atoms with Gasteiger partial charge in [0.15, 0.2) is 0 Å². The van der Waals surface area contributed by atoms with E-state index in [1.54, 1.807) is 72.8 Å². The standard InChI is InChI=1S/C38H44N2O10S/c1-43-29-21-33(45-3)31(34(22-29)46-4)15-17-37(49-7,25-11-9-13-27(39)19-25)51(41,42)38(50-8,26-12-10-14-28(40)20-26)18-16-32-35(47-5)23-30(44-2)24-36(32)48-6/h9-24H,39-40H2,1-8H3. The molecule has 0 saturated heterocycles. The first-order valence-corrected chi connectivity index (χ1v) is 17.0. The van der Waals surface area contributed by atoms with E-state index >= 15 is 8.42 Å². The van der Waals surface area contributed by atoms with Gasteiger partial charge in [0, 0.05) is 61.0 Å². The van der Waals surface area contributed by atoms with E-state index in [-0.39, 0.29) is 11.1 Å². The summed E-state index contributed by atoms with van der Waals surface area (Å²) in [6, 6.07) is 19.4. The number of hydrogen-bond donors (Lipinski definition) is 2. The van der Waals surface area contributed by atoms with E-state index in [2.05, 4.69) is 0 Å². The van der Waals surface area contributed by atoms with Gasteiger partial charge in [-0.2, -0.15) is 0 Å². The van der Waals surface area contributed by atoms with Gasteiger partial charge in [0.2, 0.25) is 19.7 Å². The van der Waals surface area contributed by atoms with Gasteiger partial charge in [-0.25, -0.2) is 8.42 Å². The summed E-state index contributed by atoms with van der Waals surface area (Å²) in [6.07, 6.45) is 5.87. The van der Waals surface area contributed by atoms with Crippen LogP contribution in [0.2, 0.25) is 0 Å². The lowest BCUT2D eigenvalue weighted by Gasteiger charge is -2.39. The Morgan fingerprint density at radius 1 is 0.510 bits per heavy atom. The van der Waals surface area contributed by atoms with E-state index in [0.29, 0.717) is 57.0 Å². The minimum Gasteiger partial charge on any atom is -0.496 e. The van der Waals surface area contributed by atoms with E-state index in [0.717, 1.165) is 0 Å². The minimum absolute atomic E-state index is 0.186. The highest BCUT2D eigenvalue weighted by Gasteiger charge is 2.57. The number of rotatable bonds is 16. The van der Waals surface area contributed by atoms with Crippen LogP contribution in [0, 0.1) is 0 Å². The topological polar surface area (TPSA) is 160 Å². The van der Waals surface area contributed by atoms with Crippen LogP contribution >= 0.6 is 0 Å². The molecule has 272 valence electrons. The van der Waals surface area contributed by atoms with Gasteiger partial charge in [0.05, 0.1) is 53.8 Å². The van der Waals surface area contributed by atoms with Crippen LogP contribution in [0.5, 0.6) is 34.5 Å². The quantitative estimate of drug-likeness (QED) is 0.129. The second-order valence-corrected chi connectivity index (χ2v) is 13.3. The molecule has 0 fully saturated rings. The van der Waals surface area contributed by atoms with Gasteiger partial charge in [0.25, 0.3) is 0 Å². The van der Waals surface area contributed by atoms with Crippen LogP contribution in [-0.4, -0.2) is 65.3 Å². The number of nitrogen functional groups attached to an aromatic ring is 2. The van der Waals surface area contributed by atoms with Crippen LogP contribution in [-0.2, 0) is 29.2 Å². The third kappa shape index (κ3) is 7.13. The molecular formula is C38H44N2O10S. The van der Waals surface area contributed by atoms with Gasteiger partial charge in [-0.1, -0.05) is 24.3 Å². The zero-order chi connectivity index (χ0) is 37.4. The van der Waals surface area contributed by atoms with E-state index < -0.39 is 19.7 Å². The molecule has 51 heavy (non-hydrogen) atoms. The zero-order valence-electron chi connectivity index (χ0n) is 29.9. The van der Waals surface area contributed by atoms with Crippen LogP contribution in [0.25, 0.3) is 12.2 Å². The Bertz CT molecular complexity index is 1830. The fraction of sp³-hybridized carbons (Fsp3) is 0.263. The molecule has 12 nitrogen and oxygen atoms in total. The molecule has 2 unspecified atom stereocenters. The van der Waals surface area contributed by atoms with E-state index in [4.69, 9.17) is 49.4 Å². The van der Waals surface area contributed by atoms with Crippen LogP contribution in [0.3, 0.4) is 0 Å². The summed E-state index contributed by atoms with van der Waals surface area (Å²) >= 11 is 0. The van der Waals surface area contributed by atoms with Crippen molar-refractivity contribution in [3.05, 3.63) is 107 Å². The SMILES string of the molecule is COc1cc(OC)c(C=CC(OC)(c2cccc(N)c2)S(=O)(=O)C(C=Cc2c(OC)cc(OC)cc2OC)(OC)c2cccc(N)c2)c(OC)c1. The number of methoxy groups -OCH3 is 8. The predicted octanol–water partition coefficient (Wildman–Crippen LogP) is 6.04. The maximum absolute atomic E-state index is 15.8. The minimum atomic E-state index is -4.81. The van der Waals surface area contributed by atoms with E-state index in [9.17, 15) is 0 Å². The molecule has 0 aliphatic heterocycles. The largest absolute Gasteiger partial charge is 0.496 e. The number of ether oxygens (including phenoxy) is 8. The molecule has 4 rings (SSSR count). The number of anilines is 2. The van der Waals surface area contributed by atoms with Crippen LogP contribution in [0.1, 0.15) is 22.3 Å². The summed E-state index contributed by atoms with van der Waals surface area (Å²) < 4.78 is 77.4. The van der Waals surface area contributed by atoms with Crippen LogP contribution in [0.15, 0.2) is 84.9 Å². The second kappa shape index (κ2) is 16.1. The molecule has 4 N–H and O–H groups in total. The fourth-order valence-electron chi connectivity index (χ4n) is 5.79. The maximum Gasteiger partial charge on any atom is 0.226 e. The van der Waals surface area contributed by atoms with Crippen molar-refractivity contribution in [2.24, 2.45) is 0 Å². The molecule has 0 aromatic heterocycles. The van der Waals surface area contributed by atoms with Gasteiger partial charge in [0.1, 0.15) is 34.5 Å². The molecule has 0 aliphatic rings.